The molecule has 2 saturated heterocycles. The van der Waals surface area contributed by atoms with E-state index in [1.165, 1.54) is 12.3 Å². The summed E-state index contributed by atoms with van der Waals surface area (Å²) in [5, 5.41) is 0.704. The first kappa shape index (κ1) is 14.6. The lowest BCUT2D eigenvalue weighted by Crippen LogP contribution is -2.65. The van der Waals surface area contributed by atoms with E-state index in [-0.39, 0.29) is 5.54 Å². The van der Waals surface area contributed by atoms with Crippen molar-refractivity contribution in [3.8, 4) is 0 Å². The molecule has 106 valence electrons. The molecule has 2 rings (SSSR count). The van der Waals surface area contributed by atoms with Crippen molar-refractivity contribution in [2.45, 2.75) is 69.6 Å². The van der Waals surface area contributed by atoms with Gasteiger partial charge < -0.3 is 10.5 Å². The second-order valence-electron chi connectivity index (χ2n) is 6.10. The van der Waals surface area contributed by atoms with Gasteiger partial charge in [0.25, 0.3) is 0 Å². The topological polar surface area (TPSA) is 38.5 Å². The highest BCUT2D eigenvalue weighted by molar-refractivity contribution is 8.00. The molecule has 0 bridgehead atoms. The van der Waals surface area contributed by atoms with Crippen molar-refractivity contribution in [2.75, 3.05) is 18.8 Å². The molecule has 0 aliphatic carbocycles. The predicted octanol–water partition coefficient (Wildman–Crippen LogP) is 2.10. The molecule has 0 aromatic carbocycles. The van der Waals surface area contributed by atoms with E-state index in [0.29, 0.717) is 23.5 Å². The van der Waals surface area contributed by atoms with E-state index >= 15 is 0 Å². The number of nitrogens with two attached hydrogens (primary N) is 1. The maximum Gasteiger partial charge on any atom is 0.0568 e. The summed E-state index contributed by atoms with van der Waals surface area (Å²) in [6.45, 7) is 11.0. The van der Waals surface area contributed by atoms with E-state index in [9.17, 15) is 0 Å². The standard InChI is InChI=1S/C14H28N2OS/c1-10-7-14(9-15,8-11(2)17-10)16-5-6-18-13(4)12(16)3/h10-13H,5-9,15H2,1-4H3. The Labute approximate surface area is 116 Å². The molecule has 18 heavy (non-hydrogen) atoms. The van der Waals surface area contributed by atoms with E-state index in [0.717, 1.165) is 19.4 Å². The molecule has 0 spiro atoms. The molecule has 0 radical (unpaired) electrons. The third-order valence-corrected chi connectivity index (χ3v) is 6.01. The van der Waals surface area contributed by atoms with Crippen molar-refractivity contribution in [3.05, 3.63) is 0 Å². The highest BCUT2D eigenvalue weighted by Crippen LogP contribution is 2.38. The number of rotatable bonds is 2. The first-order valence-electron chi connectivity index (χ1n) is 7.22. The molecule has 4 heteroatoms. The summed E-state index contributed by atoms with van der Waals surface area (Å²) < 4.78 is 5.91. The second-order valence-corrected chi connectivity index (χ2v) is 7.59. The molecular formula is C14H28N2OS. The molecule has 0 aromatic rings. The van der Waals surface area contributed by atoms with Gasteiger partial charge in [0.1, 0.15) is 0 Å². The van der Waals surface area contributed by atoms with Crippen molar-refractivity contribution in [3.63, 3.8) is 0 Å². The Kier molecular flexibility index (Phi) is 4.63. The van der Waals surface area contributed by atoms with E-state index < -0.39 is 0 Å². The summed E-state index contributed by atoms with van der Waals surface area (Å²) in [6.07, 6.45) is 2.81. The van der Waals surface area contributed by atoms with E-state index in [1.807, 2.05) is 0 Å². The van der Waals surface area contributed by atoms with Gasteiger partial charge >= 0.3 is 0 Å². The molecule has 4 atom stereocenters. The minimum atomic E-state index is 0.158. The fraction of sp³-hybridized carbons (Fsp3) is 1.00. The van der Waals surface area contributed by atoms with Gasteiger partial charge in [0, 0.05) is 35.7 Å². The third-order valence-electron chi connectivity index (χ3n) is 4.67. The quantitative estimate of drug-likeness (QED) is 0.835. The summed E-state index contributed by atoms with van der Waals surface area (Å²) in [6, 6.07) is 0.616. The Bertz CT molecular complexity index is 277. The molecule has 0 saturated carbocycles. The fourth-order valence-corrected chi connectivity index (χ4v) is 4.87. The van der Waals surface area contributed by atoms with Crippen LogP contribution in [0.3, 0.4) is 0 Å². The zero-order valence-corrected chi connectivity index (χ0v) is 13.0. The van der Waals surface area contributed by atoms with Crippen molar-refractivity contribution in [1.82, 2.24) is 4.90 Å². The first-order valence-corrected chi connectivity index (χ1v) is 8.27. The van der Waals surface area contributed by atoms with Gasteiger partial charge in [-0.3, -0.25) is 4.90 Å². The monoisotopic (exact) mass is 272 g/mol. The summed E-state index contributed by atoms with van der Waals surface area (Å²) in [7, 11) is 0. The Morgan fingerprint density at radius 2 is 1.83 bits per heavy atom. The van der Waals surface area contributed by atoms with Crippen molar-refractivity contribution < 1.29 is 4.74 Å². The van der Waals surface area contributed by atoms with Crippen LogP contribution < -0.4 is 5.73 Å². The third kappa shape index (κ3) is 2.72. The molecule has 0 amide bonds. The van der Waals surface area contributed by atoms with Crippen LogP contribution in [-0.2, 0) is 4.74 Å². The van der Waals surface area contributed by atoms with Crippen LogP contribution in [-0.4, -0.2) is 52.8 Å². The van der Waals surface area contributed by atoms with Crippen LogP contribution in [0.2, 0.25) is 0 Å². The van der Waals surface area contributed by atoms with Crippen LogP contribution in [0.1, 0.15) is 40.5 Å². The van der Waals surface area contributed by atoms with Crippen LogP contribution >= 0.6 is 11.8 Å². The minimum absolute atomic E-state index is 0.158. The lowest BCUT2D eigenvalue weighted by Gasteiger charge is -2.54. The molecule has 2 fully saturated rings. The molecule has 2 N–H and O–H groups in total. The maximum absolute atomic E-state index is 6.20. The fourth-order valence-electron chi connectivity index (χ4n) is 3.77. The highest BCUT2D eigenvalue weighted by atomic mass is 32.2. The van der Waals surface area contributed by atoms with Crippen molar-refractivity contribution in [2.24, 2.45) is 5.73 Å². The molecule has 2 aliphatic heterocycles. The number of hydrogen-bond donors (Lipinski definition) is 1. The summed E-state index contributed by atoms with van der Waals surface area (Å²) >= 11 is 2.09. The lowest BCUT2D eigenvalue weighted by atomic mass is 9.81. The predicted molar refractivity (Wildman–Crippen MR) is 79.1 cm³/mol. The van der Waals surface area contributed by atoms with Crippen LogP contribution in [0.15, 0.2) is 0 Å². The summed E-state index contributed by atoms with van der Waals surface area (Å²) in [5.74, 6) is 1.23. The van der Waals surface area contributed by atoms with Gasteiger partial charge in [0.2, 0.25) is 0 Å². The second kappa shape index (κ2) is 5.70. The SMILES string of the molecule is CC1CC(CN)(N2CCSC(C)C2C)CC(C)O1. The summed E-state index contributed by atoms with van der Waals surface area (Å²) in [5.41, 5.74) is 6.36. The Morgan fingerprint density at radius 3 is 2.39 bits per heavy atom. The van der Waals surface area contributed by atoms with Gasteiger partial charge in [-0.15, -0.1) is 0 Å². The molecule has 3 nitrogen and oxygen atoms in total. The summed E-state index contributed by atoms with van der Waals surface area (Å²) in [4.78, 5) is 2.68. The van der Waals surface area contributed by atoms with E-state index in [2.05, 4.69) is 44.4 Å². The lowest BCUT2D eigenvalue weighted by molar-refractivity contribution is -0.111. The van der Waals surface area contributed by atoms with Gasteiger partial charge in [-0.05, 0) is 33.6 Å². The zero-order valence-electron chi connectivity index (χ0n) is 12.2. The Balaban J connectivity index is 2.20. The van der Waals surface area contributed by atoms with Crippen molar-refractivity contribution in [1.29, 1.82) is 0 Å². The number of nitrogens with zero attached hydrogens (tertiary/aromatic N) is 1. The number of thioether (sulfide) groups is 1. The minimum Gasteiger partial charge on any atom is -0.375 e. The van der Waals surface area contributed by atoms with Gasteiger partial charge in [0.05, 0.1) is 12.2 Å². The van der Waals surface area contributed by atoms with E-state index in [4.69, 9.17) is 10.5 Å². The number of hydrogen-bond acceptors (Lipinski definition) is 4. The average Bonchev–Trinajstić information content (AvgIpc) is 2.31. The Hall–Kier alpha value is 0.230. The number of ether oxygens (including phenoxy) is 1. The molecular weight excluding hydrogens is 244 g/mol. The van der Waals surface area contributed by atoms with Gasteiger partial charge in [-0.1, -0.05) is 6.92 Å². The van der Waals surface area contributed by atoms with Crippen molar-refractivity contribution >= 4 is 11.8 Å². The normalized spacial score (nSPS) is 47.2. The molecule has 2 heterocycles. The first-order chi connectivity index (χ1) is 8.48. The van der Waals surface area contributed by atoms with Crippen LogP contribution in [0.25, 0.3) is 0 Å². The zero-order chi connectivity index (χ0) is 13.3. The largest absolute Gasteiger partial charge is 0.375 e. The highest BCUT2D eigenvalue weighted by Gasteiger charge is 2.45. The Morgan fingerprint density at radius 1 is 1.22 bits per heavy atom. The van der Waals surface area contributed by atoms with Gasteiger partial charge in [-0.25, -0.2) is 0 Å². The maximum atomic E-state index is 6.20. The smallest absolute Gasteiger partial charge is 0.0568 e. The molecule has 0 aromatic heterocycles. The van der Waals surface area contributed by atoms with Crippen LogP contribution in [0, 0.1) is 0 Å². The van der Waals surface area contributed by atoms with E-state index in [1.54, 1.807) is 0 Å². The average molecular weight is 272 g/mol. The van der Waals surface area contributed by atoms with Crippen LogP contribution in [0.5, 0.6) is 0 Å². The van der Waals surface area contributed by atoms with Gasteiger partial charge in [-0.2, -0.15) is 11.8 Å². The molecule has 2 aliphatic rings. The van der Waals surface area contributed by atoms with Crippen LogP contribution in [0.4, 0.5) is 0 Å². The van der Waals surface area contributed by atoms with Gasteiger partial charge in [0.15, 0.2) is 0 Å². The molecule has 4 unspecified atom stereocenters.